The third kappa shape index (κ3) is 7.70. The Morgan fingerprint density at radius 1 is 1.15 bits per heavy atom. The van der Waals surface area contributed by atoms with Gasteiger partial charge in [-0.2, -0.15) is 0 Å². The minimum atomic E-state index is -4.52. The van der Waals surface area contributed by atoms with Gasteiger partial charge in [-0.25, -0.2) is 22.3 Å². The third-order valence-corrected chi connectivity index (χ3v) is 8.93. The summed E-state index contributed by atoms with van der Waals surface area (Å²) in [6.07, 6.45) is 1.26. The van der Waals surface area contributed by atoms with Gasteiger partial charge in [-0.05, 0) is 57.5 Å². The molecule has 1 saturated heterocycles. The van der Waals surface area contributed by atoms with Gasteiger partial charge in [0.05, 0.1) is 6.10 Å². The minimum Gasteiger partial charge on any atom is -0.461 e. The van der Waals surface area contributed by atoms with Gasteiger partial charge in [0.15, 0.2) is 0 Å². The van der Waals surface area contributed by atoms with E-state index in [4.69, 9.17) is 9.47 Å². The van der Waals surface area contributed by atoms with Gasteiger partial charge in [0, 0.05) is 44.2 Å². The molecule has 0 radical (unpaired) electrons. The van der Waals surface area contributed by atoms with Crippen LogP contribution in [0.25, 0.3) is 0 Å². The molecule has 39 heavy (non-hydrogen) atoms. The summed E-state index contributed by atoms with van der Waals surface area (Å²) in [6.45, 7) is 7.09. The molecule has 1 aliphatic heterocycles. The highest BCUT2D eigenvalue weighted by molar-refractivity contribution is 8.01. The Hall–Kier alpha value is -3.16. The van der Waals surface area contributed by atoms with E-state index in [1.165, 1.54) is 47.1 Å². The van der Waals surface area contributed by atoms with Crippen molar-refractivity contribution in [1.82, 2.24) is 19.5 Å². The summed E-state index contributed by atoms with van der Waals surface area (Å²) in [5.74, 6) is -0.811. The average molecular weight is 579 g/mol. The molecule has 1 N–H and O–H groups in total. The molecule has 2 heterocycles. The maximum absolute atomic E-state index is 13.9. The van der Waals surface area contributed by atoms with Crippen LogP contribution in [0.15, 0.2) is 53.7 Å². The van der Waals surface area contributed by atoms with Crippen molar-refractivity contribution in [1.29, 1.82) is 0 Å². The summed E-state index contributed by atoms with van der Waals surface area (Å²) in [6, 6.07) is 7.50. The van der Waals surface area contributed by atoms with Crippen molar-refractivity contribution >= 4 is 39.8 Å². The predicted molar refractivity (Wildman–Crippen MR) is 147 cm³/mol. The van der Waals surface area contributed by atoms with Gasteiger partial charge in [0.25, 0.3) is 15.9 Å². The Bertz CT molecular complexity index is 1280. The summed E-state index contributed by atoms with van der Waals surface area (Å²) >= 11 is 1.27. The Labute approximate surface area is 233 Å². The molecule has 212 valence electrons. The van der Waals surface area contributed by atoms with Crippen LogP contribution in [0.4, 0.5) is 4.79 Å². The second kappa shape index (κ2) is 12.3. The molecular formula is C26H34N4O7S2. The van der Waals surface area contributed by atoms with Gasteiger partial charge in [-0.1, -0.05) is 12.1 Å². The molecule has 1 aromatic carbocycles. The van der Waals surface area contributed by atoms with Crippen LogP contribution in [-0.4, -0.2) is 83.5 Å². The first-order valence-electron chi connectivity index (χ1n) is 12.3. The van der Waals surface area contributed by atoms with Crippen molar-refractivity contribution in [3.8, 4) is 5.75 Å². The Morgan fingerprint density at radius 2 is 1.82 bits per heavy atom. The quantitative estimate of drug-likeness (QED) is 0.443. The zero-order chi connectivity index (χ0) is 29.0. The molecule has 0 saturated carbocycles. The van der Waals surface area contributed by atoms with Crippen molar-refractivity contribution in [2.45, 2.75) is 62.1 Å². The van der Waals surface area contributed by atoms with Gasteiger partial charge >= 0.3 is 12.1 Å². The molecular weight excluding hydrogens is 544 g/mol. The number of thioether (sulfide) groups is 1. The van der Waals surface area contributed by atoms with E-state index in [-0.39, 0.29) is 17.1 Å². The number of esters is 1. The maximum Gasteiger partial charge on any atom is 0.414 e. The zero-order valence-corrected chi connectivity index (χ0v) is 24.4. The van der Waals surface area contributed by atoms with Crippen molar-refractivity contribution in [3.05, 3.63) is 54.4 Å². The third-order valence-electron chi connectivity index (χ3n) is 5.60. The second-order valence-electron chi connectivity index (χ2n) is 10.2. The highest BCUT2D eigenvalue weighted by Crippen LogP contribution is 2.31. The van der Waals surface area contributed by atoms with Gasteiger partial charge in [0.2, 0.25) is 0 Å². The number of nitrogens with zero attached hydrogens (tertiary/aromatic N) is 3. The zero-order valence-electron chi connectivity index (χ0n) is 22.8. The molecule has 2 aromatic rings. The lowest BCUT2D eigenvalue weighted by atomic mass is 10.1. The molecule has 0 spiro atoms. The smallest absolute Gasteiger partial charge is 0.414 e. The predicted octanol–water partition coefficient (Wildman–Crippen LogP) is 2.66. The number of hydrogen-bond acceptors (Lipinski definition) is 10. The fraction of sp³-hybridized carbons (Fsp3) is 0.462. The molecule has 3 rings (SSSR count). The highest BCUT2D eigenvalue weighted by atomic mass is 32.2. The summed E-state index contributed by atoms with van der Waals surface area (Å²) in [5.41, 5.74) is 0.111. The molecule has 11 nitrogen and oxygen atoms in total. The SMILES string of the molecule is CC(C)OC(=O)[C@H](Cc1ccc(OC(=O)N(C)C)cc1)N(C(=O)[C@H]1NC(C)(C)CS1)S(=O)(=O)c1cccnc1. The lowest BCUT2D eigenvalue weighted by Gasteiger charge is -2.32. The van der Waals surface area contributed by atoms with Crippen LogP contribution < -0.4 is 10.1 Å². The normalized spacial score (nSPS) is 17.4. The number of hydrogen-bond donors (Lipinski definition) is 1. The number of rotatable bonds is 9. The van der Waals surface area contributed by atoms with Crippen molar-refractivity contribution in [3.63, 3.8) is 0 Å². The molecule has 0 aliphatic carbocycles. The number of nitrogens with one attached hydrogen (secondary N) is 1. The van der Waals surface area contributed by atoms with Crippen LogP contribution >= 0.6 is 11.8 Å². The number of carbonyl (C=O) groups excluding carboxylic acids is 3. The first-order valence-corrected chi connectivity index (χ1v) is 14.8. The van der Waals surface area contributed by atoms with Crippen molar-refractivity contribution in [2.75, 3.05) is 19.8 Å². The summed E-state index contributed by atoms with van der Waals surface area (Å²) in [4.78, 5) is 44.1. The van der Waals surface area contributed by atoms with Gasteiger partial charge in [-0.15, -0.1) is 11.8 Å². The van der Waals surface area contributed by atoms with Crippen LogP contribution in [0, 0.1) is 0 Å². The van der Waals surface area contributed by atoms with Crippen LogP contribution in [0.1, 0.15) is 33.3 Å². The fourth-order valence-corrected chi connectivity index (χ4v) is 6.61. The lowest BCUT2D eigenvalue weighted by Crippen LogP contribution is -2.56. The first-order chi connectivity index (χ1) is 18.2. The molecule has 2 atom stereocenters. The number of pyridine rings is 1. The van der Waals surface area contributed by atoms with Crippen molar-refractivity contribution < 1.29 is 32.3 Å². The van der Waals surface area contributed by atoms with Crippen LogP contribution in [0.2, 0.25) is 0 Å². The van der Waals surface area contributed by atoms with Gasteiger partial charge < -0.3 is 14.4 Å². The fourth-order valence-electron chi connectivity index (χ4n) is 3.71. The van der Waals surface area contributed by atoms with Gasteiger partial charge in [-0.3, -0.25) is 15.1 Å². The van der Waals surface area contributed by atoms with E-state index in [1.54, 1.807) is 40.1 Å². The molecule has 1 aliphatic rings. The number of ether oxygens (including phenoxy) is 2. The molecule has 0 bridgehead atoms. The standard InChI is InChI=1S/C26H34N4O7S2/c1-17(2)36-24(32)21(14-18-9-11-19(12-10-18)37-25(33)29(5)6)30(23(31)22-28-26(3,4)16-38-22)39(34,35)20-8-7-13-27-15-20/h7-13,15,17,21-22,28H,14,16H2,1-6H3/t21-,22-/m0/s1. The topological polar surface area (TPSA) is 135 Å². The largest absolute Gasteiger partial charge is 0.461 e. The Morgan fingerprint density at radius 3 is 2.33 bits per heavy atom. The first kappa shape index (κ1) is 30.4. The lowest BCUT2D eigenvalue weighted by molar-refractivity contribution is -0.155. The van der Waals surface area contributed by atoms with E-state index in [1.807, 2.05) is 13.8 Å². The molecule has 1 fully saturated rings. The number of benzene rings is 1. The van der Waals surface area contributed by atoms with E-state index in [0.717, 1.165) is 6.20 Å². The molecule has 13 heteroatoms. The van der Waals surface area contributed by atoms with E-state index < -0.39 is 51.1 Å². The molecule has 2 amide bonds. The Kier molecular flexibility index (Phi) is 9.62. The van der Waals surface area contributed by atoms with E-state index in [2.05, 4.69) is 10.3 Å². The summed E-state index contributed by atoms with van der Waals surface area (Å²) in [5, 5.41) is 2.26. The highest BCUT2D eigenvalue weighted by Gasteiger charge is 2.46. The second-order valence-corrected chi connectivity index (χ2v) is 13.1. The number of carbonyl (C=O) groups is 3. The van der Waals surface area contributed by atoms with Crippen molar-refractivity contribution in [2.24, 2.45) is 0 Å². The minimum absolute atomic E-state index is 0.167. The van der Waals surface area contributed by atoms with E-state index in [9.17, 15) is 22.8 Å². The number of aromatic nitrogens is 1. The van der Waals surface area contributed by atoms with Crippen LogP contribution in [0.3, 0.4) is 0 Å². The van der Waals surface area contributed by atoms with E-state index >= 15 is 0 Å². The van der Waals surface area contributed by atoms with E-state index in [0.29, 0.717) is 15.6 Å². The van der Waals surface area contributed by atoms with Crippen LogP contribution in [-0.2, 0) is 30.8 Å². The summed E-state index contributed by atoms with van der Waals surface area (Å²) in [7, 11) is -1.42. The molecule has 0 unspecified atom stereocenters. The van der Waals surface area contributed by atoms with Gasteiger partial charge in [0.1, 0.15) is 22.1 Å². The maximum atomic E-state index is 13.9. The van der Waals surface area contributed by atoms with Crippen LogP contribution in [0.5, 0.6) is 5.75 Å². The number of sulfonamides is 1. The Balaban J connectivity index is 2.04. The summed E-state index contributed by atoms with van der Waals surface area (Å²) < 4.78 is 39.1. The monoisotopic (exact) mass is 578 g/mol. The average Bonchev–Trinajstić information content (AvgIpc) is 3.24. The number of amides is 2. The molecule has 1 aromatic heterocycles.